The number of methoxy groups -OCH3 is 1. The van der Waals surface area contributed by atoms with E-state index in [0.29, 0.717) is 12.5 Å². The highest BCUT2D eigenvalue weighted by molar-refractivity contribution is 5.21. The van der Waals surface area contributed by atoms with E-state index in [9.17, 15) is 0 Å². The summed E-state index contributed by atoms with van der Waals surface area (Å²) >= 11 is 0. The zero-order chi connectivity index (χ0) is 11.9. The Balaban J connectivity index is 1.70. The molecule has 1 aliphatic rings. The summed E-state index contributed by atoms with van der Waals surface area (Å²) in [5.74, 6) is 0.697. The maximum atomic E-state index is 5.35. The third-order valence-electron chi connectivity index (χ3n) is 3.12. The minimum absolute atomic E-state index is 0.688. The van der Waals surface area contributed by atoms with Crippen molar-refractivity contribution < 1.29 is 9.47 Å². The third-order valence-corrected chi connectivity index (χ3v) is 3.12. The van der Waals surface area contributed by atoms with Crippen LogP contribution < -0.4 is 5.32 Å². The maximum Gasteiger partial charge on any atom is 0.0713 e. The van der Waals surface area contributed by atoms with Gasteiger partial charge in [-0.1, -0.05) is 24.3 Å². The van der Waals surface area contributed by atoms with Crippen LogP contribution in [0.2, 0.25) is 0 Å². The van der Waals surface area contributed by atoms with Crippen LogP contribution in [0.25, 0.3) is 0 Å². The maximum absolute atomic E-state index is 5.35. The molecule has 3 nitrogen and oxygen atoms in total. The van der Waals surface area contributed by atoms with Gasteiger partial charge in [-0.05, 0) is 23.5 Å². The number of hydrogen-bond donors (Lipinski definition) is 1. The van der Waals surface area contributed by atoms with Crippen molar-refractivity contribution in [3.63, 3.8) is 0 Å². The van der Waals surface area contributed by atoms with Crippen molar-refractivity contribution in [3.05, 3.63) is 35.4 Å². The average molecular weight is 235 g/mol. The molecule has 1 heterocycles. The molecule has 1 atom stereocenters. The molecule has 1 N–H and O–H groups in total. The fourth-order valence-electron chi connectivity index (χ4n) is 2.08. The Kier molecular flexibility index (Phi) is 4.98. The molecule has 0 bridgehead atoms. The van der Waals surface area contributed by atoms with E-state index in [1.54, 1.807) is 7.11 Å². The quantitative estimate of drug-likeness (QED) is 0.817. The van der Waals surface area contributed by atoms with Crippen LogP contribution >= 0.6 is 0 Å². The lowest BCUT2D eigenvalue weighted by atomic mass is 10.1. The highest BCUT2D eigenvalue weighted by Crippen LogP contribution is 2.11. The Hall–Kier alpha value is -0.900. The standard InChI is InChI=1S/C14H21NO2/c1-16-10-13-4-2-12(3-5-13)8-15-9-14-6-7-17-11-14/h2-5,14-15H,6-11H2,1H3. The fourth-order valence-corrected chi connectivity index (χ4v) is 2.08. The molecule has 1 fully saturated rings. The van der Waals surface area contributed by atoms with Gasteiger partial charge in [-0.15, -0.1) is 0 Å². The molecule has 2 rings (SSSR count). The molecule has 0 saturated carbocycles. The van der Waals surface area contributed by atoms with Crippen molar-refractivity contribution in [3.8, 4) is 0 Å². The number of ether oxygens (including phenoxy) is 2. The first-order valence-corrected chi connectivity index (χ1v) is 6.23. The lowest BCUT2D eigenvalue weighted by Crippen LogP contribution is -2.22. The molecule has 17 heavy (non-hydrogen) atoms. The summed E-state index contributed by atoms with van der Waals surface area (Å²) in [6.07, 6.45) is 1.19. The van der Waals surface area contributed by atoms with E-state index >= 15 is 0 Å². The van der Waals surface area contributed by atoms with Crippen molar-refractivity contribution in [1.29, 1.82) is 0 Å². The molecule has 0 aliphatic carbocycles. The first-order valence-electron chi connectivity index (χ1n) is 6.23. The summed E-state index contributed by atoms with van der Waals surface area (Å²) in [4.78, 5) is 0. The molecule has 1 aromatic carbocycles. The Bertz CT molecular complexity index is 317. The van der Waals surface area contributed by atoms with Crippen LogP contribution in [-0.2, 0) is 22.6 Å². The van der Waals surface area contributed by atoms with Gasteiger partial charge in [0.1, 0.15) is 0 Å². The van der Waals surface area contributed by atoms with Crippen molar-refractivity contribution in [2.45, 2.75) is 19.6 Å². The monoisotopic (exact) mass is 235 g/mol. The number of benzene rings is 1. The van der Waals surface area contributed by atoms with Gasteiger partial charge in [-0.2, -0.15) is 0 Å². The van der Waals surface area contributed by atoms with Gasteiger partial charge >= 0.3 is 0 Å². The van der Waals surface area contributed by atoms with Crippen LogP contribution in [0.4, 0.5) is 0 Å². The Morgan fingerprint density at radius 2 is 2.06 bits per heavy atom. The van der Waals surface area contributed by atoms with Gasteiger partial charge in [0.25, 0.3) is 0 Å². The summed E-state index contributed by atoms with van der Waals surface area (Å²) in [6, 6.07) is 8.57. The van der Waals surface area contributed by atoms with Crippen LogP contribution in [0.3, 0.4) is 0 Å². The number of hydrogen-bond acceptors (Lipinski definition) is 3. The molecule has 3 heteroatoms. The molecule has 1 saturated heterocycles. The summed E-state index contributed by atoms with van der Waals surface area (Å²) in [6.45, 7) is 4.52. The number of rotatable bonds is 6. The van der Waals surface area contributed by atoms with Gasteiger partial charge in [0, 0.05) is 26.8 Å². The Morgan fingerprint density at radius 1 is 1.29 bits per heavy atom. The lowest BCUT2D eigenvalue weighted by molar-refractivity contribution is 0.185. The van der Waals surface area contributed by atoms with E-state index in [2.05, 4.69) is 29.6 Å². The normalized spacial score (nSPS) is 19.7. The zero-order valence-electron chi connectivity index (χ0n) is 10.4. The highest BCUT2D eigenvalue weighted by Gasteiger charge is 2.14. The van der Waals surface area contributed by atoms with Gasteiger partial charge < -0.3 is 14.8 Å². The van der Waals surface area contributed by atoms with E-state index in [0.717, 1.165) is 26.3 Å². The van der Waals surface area contributed by atoms with Crippen molar-refractivity contribution in [2.75, 3.05) is 26.9 Å². The summed E-state index contributed by atoms with van der Waals surface area (Å²) < 4.78 is 10.4. The first-order chi connectivity index (χ1) is 8.38. The van der Waals surface area contributed by atoms with E-state index in [1.165, 1.54) is 17.5 Å². The van der Waals surface area contributed by atoms with Crippen LogP contribution in [0.15, 0.2) is 24.3 Å². The molecule has 0 spiro atoms. The molecule has 1 aromatic rings. The van der Waals surface area contributed by atoms with Gasteiger partial charge in [-0.3, -0.25) is 0 Å². The second kappa shape index (κ2) is 6.74. The molecule has 94 valence electrons. The van der Waals surface area contributed by atoms with E-state index in [4.69, 9.17) is 9.47 Å². The second-order valence-electron chi connectivity index (χ2n) is 4.61. The van der Waals surface area contributed by atoms with Gasteiger partial charge in [-0.25, -0.2) is 0 Å². The Labute approximate surface area is 103 Å². The van der Waals surface area contributed by atoms with Crippen molar-refractivity contribution in [1.82, 2.24) is 5.32 Å². The lowest BCUT2D eigenvalue weighted by Gasteiger charge is -2.09. The zero-order valence-corrected chi connectivity index (χ0v) is 10.4. The predicted molar refractivity (Wildman–Crippen MR) is 67.8 cm³/mol. The van der Waals surface area contributed by atoms with Crippen LogP contribution in [0.1, 0.15) is 17.5 Å². The van der Waals surface area contributed by atoms with Gasteiger partial charge in [0.05, 0.1) is 13.2 Å². The minimum Gasteiger partial charge on any atom is -0.381 e. The van der Waals surface area contributed by atoms with Gasteiger partial charge in [0.15, 0.2) is 0 Å². The SMILES string of the molecule is COCc1ccc(CNCC2CCOC2)cc1. The predicted octanol–water partition coefficient (Wildman–Crippen LogP) is 1.96. The molecular weight excluding hydrogens is 214 g/mol. The van der Waals surface area contributed by atoms with Crippen LogP contribution in [0.5, 0.6) is 0 Å². The van der Waals surface area contributed by atoms with Gasteiger partial charge in [0.2, 0.25) is 0 Å². The van der Waals surface area contributed by atoms with E-state index in [1.807, 2.05) is 0 Å². The third kappa shape index (κ3) is 4.11. The second-order valence-corrected chi connectivity index (χ2v) is 4.61. The van der Waals surface area contributed by atoms with Crippen LogP contribution in [-0.4, -0.2) is 26.9 Å². The smallest absolute Gasteiger partial charge is 0.0713 e. The summed E-state index contributed by atoms with van der Waals surface area (Å²) in [5, 5.41) is 3.48. The fraction of sp³-hybridized carbons (Fsp3) is 0.571. The summed E-state index contributed by atoms with van der Waals surface area (Å²) in [7, 11) is 1.72. The van der Waals surface area contributed by atoms with E-state index in [-0.39, 0.29) is 0 Å². The summed E-state index contributed by atoms with van der Waals surface area (Å²) in [5.41, 5.74) is 2.55. The molecule has 1 unspecified atom stereocenters. The first kappa shape index (κ1) is 12.6. The molecule has 0 amide bonds. The van der Waals surface area contributed by atoms with E-state index < -0.39 is 0 Å². The minimum atomic E-state index is 0.688. The topological polar surface area (TPSA) is 30.5 Å². The molecule has 0 radical (unpaired) electrons. The Morgan fingerprint density at radius 3 is 2.71 bits per heavy atom. The molecular formula is C14H21NO2. The average Bonchev–Trinajstić information content (AvgIpc) is 2.85. The van der Waals surface area contributed by atoms with Crippen LogP contribution in [0, 0.1) is 5.92 Å². The van der Waals surface area contributed by atoms with Crippen molar-refractivity contribution in [2.24, 2.45) is 5.92 Å². The highest BCUT2D eigenvalue weighted by atomic mass is 16.5. The largest absolute Gasteiger partial charge is 0.381 e. The van der Waals surface area contributed by atoms with Crippen molar-refractivity contribution >= 4 is 0 Å². The number of nitrogens with one attached hydrogen (secondary N) is 1. The molecule has 1 aliphatic heterocycles. The molecule has 0 aromatic heterocycles.